The molecule has 3 aliphatic carbocycles. The molecule has 0 spiro atoms. The first-order valence-electron chi connectivity index (χ1n) is 16.0. The zero-order valence-corrected chi connectivity index (χ0v) is 24.9. The van der Waals surface area contributed by atoms with E-state index >= 15 is 0 Å². The minimum atomic E-state index is -0.372. The maximum atomic E-state index is 12.4. The molecule has 0 aromatic carbocycles. The molecule has 9 nitrogen and oxygen atoms in total. The maximum Gasteiger partial charge on any atom is 0.407 e. The van der Waals surface area contributed by atoms with Crippen LogP contribution < -0.4 is 15.7 Å². The van der Waals surface area contributed by atoms with Gasteiger partial charge in [0.2, 0.25) is 5.91 Å². The molecule has 0 heterocycles. The molecule has 0 aromatic heterocycles. The van der Waals surface area contributed by atoms with Crippen LogP contribution in [0.25, 0.3) is 0 Å². The number of carbonyl (C=O) groups excluding carboxylic acids is 3. The summed E-state index contributed by atoms with van der Waals surface area (Å²) >= 11 is 0. The third-order valence-electron chi connectivity index (χ3n) is 9.60. The summed E-state index contributed by atoms with van der Waals surface area (Å²) in [5, 5.41) is 17.8. The number of amides is 2. The van der Waals surface area contributed by atoms with Crippen LogP contribution in [-0.4, -0.2) is 50.8 Å². The highest BCUT2D eigenvalue weighted by atomic mass is 16.5. The van der Waals surface area contributed by atoms with Gasteiger partial charge in [0.25, 0.3) is 0 Å². The number of esters is 1. The van der Waals surface area contributed by atoms with E-state index in [1.54, 1.807) is 0 Å². The predicted molar refractivity (Wildman–Crippen MR) is 158 cm³/mol. The Morgan fingerprint density at radius 2 is 1.20 bits per heavy atom. The monoisotopic (exact) mass is 575 g/mol. The van der Waals surface area contributed by atoms with E-state index in [9.17, 15) is 19.6 Å². The van der Waals surface area contributed by atoms with Gasteiger partial charge in [0.05, 0.1) is 26.0 Å². The quantitative estimate of drug-likeness (QED) is 0.152. The number of ether oxygens (including phenoxy) is 2. The second-order valence-electron chi connectivity index (χ2n) is 12.7. The minimum Gasteiger partial charge on any atom is -0.629 e. The first-order valence-corrected chi connectivity index (χ1v) is 16.0. The second-order valence-corrected chi connectivity index (χ2v) is 12.7. The van der Waals surface area contributed by atoms with Crippen LogP contribution in [0.4, 0.5) is 4.79 Å². The first kappa shape index (κ1) is 33.1. The standard InChI is InChI=1S/C32H53N3O6/c1-3-31(37)40-22-28-13-15-29(16-14-28)23-41-32(38)34-20-26-9-7-25(8-10-26)19-33-30(36)18-17-24-5-11-27(12-6-24)21-35(39)4-2/h3-4,24-29,35H,1-2,5-23H2,(H,33,36)(H,34,38). The van der Waals surface area contributed by atoms with Crippen LogP contribution in [0.5, 0.6) is 0 Å². The number of alkyl carbamates (subject to hydrolysis) is 1. The fraction of sp³-hybridized carbons (Fsp3) is 0.781. The van der Waals surface area contributed by atoms with E-state index in [0.29, 0.717) is 68.2 Å². The van der Waals surface area contributed by atoms with Gasteiger partial charge in [0.15, 0.2) is 0 Å². The molecule has 3 rings (SSSR count). The molecule has 2 amide bonds. The van der Waals surface area contributed by atoms with Gasteiger partial charge >= 0.3 is 12.1 Å². The summed E-state index contributed by atoms with van der Waals surface area (Å²) in [6.45, 7) is 9.87. The van der Waals surface area contributed by atoms with E-state index in [1.807, 2.05) is 0 Å². The highest BCUT2D eigenvalue weighted by molar-refractivity contribution is 5.81. The van der Waals surface area contributed by atoms with Gasteiger partial charge in [0.1, 0.15) is 0 Å². The molecule has 1 atom stereocenters. The molecule has 3 saturated carbocycles. The molecule has 232 valence electrons. The van der Waals surface area contributed by atoms with Crippen LogP contribution in [0, 0.1) is 40.7 Å². The summed E-state index contributed by atoms with van der Waals surface area (Å²) in [6.07, 6.45) is 16.4. The van der Waals surface area contributed by atoms with Gasteiger partial charge in [-0.05, 0) is 120 Å². The lowest BCUT2D eigenvalue weighted by molar-refractivity contribution is -0.795. The highest BCUT2D eigenvalue weighted by Crippen LogP contribution is 2.32. The Morgan fingerprint density at radius 1 is 0.707 bits per heavy atom. The summed E-state index contributed by atoms with van der Waals surface area (Å²) in [6, 6.07) is 0. The van der Waals surface area contributed by atoms with E-state index in [0.717, 1.165) is 90.0 Å². The summed E-state index contributed by atoms with van der Waals surface area (Å²) in [4.78, 5) is 35.9. The smallest absolute Gasteiger partial charge is 0.407 e. The number of hydrogen-bond donors (Lipinski definition) is 3. The third-order valence-corrected chi connectivity index (χ3v) is 9.60. The number of rotatable bonds is 15. The van der Waals surface area contributed by atoms with E-state index in [1.165, 1.54) is 12.3 Å². The molecule has 3 aliphatic rings. The van der Waals surface area contributed by atoms with Gasteiger partial charge in [-0.15, -0.1) is 0 Å². The molecule has 41 heavy (non-hydrogen) atoms. The predicted octanol–water partition coefficient (Wildman–Crippen LogP) is 4.28. The normalized spacial score (nSPS) is 29.0. The third kappa shape index (κ3) is 13.0. The lowest BCUT2D eigenvalue weighted by Crippen LogP contribution is -3.03. The average Bonchev–Trinajstić information content (AvgIpc) is 3.01. The average molecular weight is 576 g/mol. The molecule has 0 aliphatic heterocycles. The van der Waals surface area contributed by atoms with Crippen LogP contribution in [-0.2, 0) is 19.1 Å². The van der Waals surface area contributed by atoms with Gasteiger partial charge < -0.3 is 30.4 Å². The highest BCUT2D eigenvalue weighted by Gasteiger charge is 2.26. The van der Waals surface area contributed by atoms with Gasteiger partial charge in [-0.2, -0.15) is 0 Å². The molecule has 0 aromatic rings. The molecular formula is C32H53N3O6. The Kier molecular flexibility index (Phi) is 14.7. The topological polar surface area (TPSA) is 121 Å². The van der Waals surface area contributed by atoms with Crippen LogP contribution in [0.3, 0.4) is 0 Å². The molecule has 1 unspecified atom stereocenters. The van der Waals surface area contributed by atoms with E-state index in [-0.39, 0.29) is 23.0 Å². The Bertz CT molecular complexity index is 827. The van der Waals surface area contributed by atoms with Crippen molar-refractivity contribution in [3.63, 3.8) is 0 Å². The van der Waals surface area contributed by atoms with Gasteiger partial charge in [-0.25, -0.2) is 9.59 Å². The number of hydroxylamine groups is 2. The summed E-state index contributed by atoms with van der Waals surface area (Å²) in [5.41, 5.74) is 0. The summed E-state index contributed by atoms with van der Waals surface area (Å²) < 4.78 is 10.6. The SMILES string of the molecule is C=CC(=O)OCC1CCC(COC(=O)NCC2CCC(CNC(=O)CCC3CCC(C[NH+]([O-])C=C)CC3)CC2)CC1. The summed E-state index contributed by atoms with van der Waals surface area (Å²) in [5.74, 6) is 2.59. The molecule has 0 saturated heterocycles. The van der Waals surface area contributed by atoms with Crippen molar-refractivity contribution in [3.05, 3.63) is 30.6 Å². The van der Waals surface area contributed by atoms with Crippen molar-refractivity contribution < 1.29 is 28.9 Å². The fourth-order valence-electron chi connectivity index (χ4n) is 6.71. The second kappa shape index (κ2) is 18.2. The van der Waals surface area contributed by atoms with Crippen molar-refractivity contribution in [1.82, 2.24) is 10.6 Å². The summed E-state index contributed by atoms with van der Waals surface area (Å²) in [7, 11) is 0. The molecular weight excluding hydrogens is 522 g/mol. The van der Waals surface area contributed by atoms with Crippen molar-refractivity contribution in [2.75, 3.05) is 32.8 Å². The van der Waals surface area contributed by atoms with Crippen molar-refractivity contribution >= 4 is 18.0 Å². The molecule has 0 radical (unpaired) electrons. The Morgan fingerprint density at radius 3 is 1.76 bits per heavy atom. The van der Waals surface area contributed by atoms with Crippen LogP contribution in [0.15, 0.2) is 25.4 Å². The van der Waals surface area contributed by atoms with Crippen LogP contribution >= 0.6 is 0 Å². The first-order chi connectivity index (χ1) is 19.8. The van der Waals surface area contributed by atoms with Crippen molar-refractivity contribution in [3.8, 4) is 0 Å². The van der Waals surface area contributed by atoms with Crippen molar-refractivity contribution in [1.29, 1.82) is 0 Å². The van der Waals surface area contributed by atoms with Crippen LogP contribution in [0.2, 0.25) is 0 Å². The van der Waals surface area contributed by atoms with E-state index in [4.69, 9.17) is 9.47 Å². The van der Waals surface area contributed by atoms with Crippen LogP contribution in [0.1, 0.15) is 89.9 Å². The lowest BCUT2D eigenvalue weighted by atomic mass is 9.80. The van der Waals surface area contributed by atoms with Gasteiger partial charge in [-0.1, -0.05) is 6.58 Å². The van der Waals surface area contributed by atoms with Crippen molar-refractivity contribution in [2.24, 2.45) is 35.5 Å². The Balaban J connectivity index is 1.16. The number of carbonyl (C=O) groups is 3. The van der Waals surface area contributed by atoms with E-state index in [2.05, 4.69) is 23.8 Å². The number of hydrogen-bond acceptors (Lipinski definition) is 6. The van der Waals surface area contributed by atoms with Gasteiger partial charge in [0, 0.05) is 31.5 Å². The van der Waals surface area contributed by atoms with Gasteiger partial charge in [-0.3, -0.25) is 4.79 Å². The molecule has 9 heteroatoms. The largest absolute Gasteiger partial charge is 0.629 e. The Hall–Kier alpha value is -2.39. The Labute approximate surface area is 246 Å². The fourth-order valence-corrected chi connectivity index (χ4v) is 6.71. The zero-order valence-electron chi connectivity index (χ0n) is 24.9. The minimum absolute atomic E-state index is 0.147. The molecule has 3 fully saturated rings. The number of quaternary nitrogens is 1. The van der Waals surface area contributed by atoms with Crippen molar-refractivity contribution in [2.45, 2.75) is 89.9 Å². The number of nitrogens with one attached hydrogen (secondary N) is 3. The zero-order chi connectivity index (χ0) is 29.5. The molecule has 0 bridgehead atoms. The maximum absolute atomic E-state index is 12.4. The lowest BCUT2D eigenvalue weighted by Gasteiger charge is -2.31. The van der Waals surface area contributed by atoms with E-state index < -0.39 is 0 Å². The molecule has 3 N–H and O–H groups in total.